The molecule has 1 aromatic carbocycles. The van der Waals surface area contributed by atoms with Gasteiger partial charge in [0.15, 0.2) is 0 Å². The second-order valence-electron chi connectivity index (χ2n) is 6.79. The molecule has 0 radical (unpaired) electrons. The average Bonchev–Trinajstić information content (AvgIpc) is 2.65. The SMILES string of the molecule is CCCC1CCOC(C)S1.N#CC(=C1CCCCC1)c1ccccc1. The highest BCUT2D eigenvalue weighted by Gasteiger charge is 2.18. The molecule has 1 heterocycles. The van der Waals surface area contributed by atoms with Gasteiger partial charge in [0.2, 0.25) is 0 Å². The summed E-state index contributed by atoms with van der Waals surface area (Å²) in [7, 11) is 0. The van der Waals surface area contributed by atoms with Crippen LogP contribution in [0.2, 0.25) is 0 Å². The Bertz CT molecular complexity index is 565. The fourth-order valence-corrected chi connectivity index (χ4v) is 4.78. The molecule has 136 valence electrons. The van der Waals surface area contributed by atoms with Gasteiger partial charge in [0, 0.05) is 11.9 Å². The van der Waals surface area contributed by atoms with Gasteiger partial charge in [0.05, 0.1) is 11.6 Å². The van der Waals surface area contributed by atoms with Crippen LogP contribution in [0.25, 0.3) is 5.57 Å². The Morgan fingerprint density at radius 1 is 1.20 bits per heavy atom. The molecule has 25 heavy (non-hydrogen) atoms. The van der Waals surface area contributed by atoms with Crippen LogP contribution >= 0.6 is 11.8 Å². The lowest BCUT2D eigenvalue weighted by atomic mass is 9.89. The number of hydrogen-bond donors (Lipinski definition) is 0. The highest BCUT2D eigenvalue weighted by molar-refractivity contribution is 8.00. The standard InChI is InChI=1S/C14H15N.C8H16OS/c15-11-14(12-7-3-1-4-8-12)13-9-5-2-6-10-13;1-3-4-8-5-6-9-7(2)10-8/h1,3-4,7-8H,2,5-6,9-10H2;7-8H,3-6H2,1-2H3. The van der Waals surface area contributed by atoms with Crippen molar-refractivity contribution in [1.29, 1.82) is 5.26 Å². The first kappa shape index (κ1) is 20.1. The molecule has 1 aromatic rings. The normalized spacial score (nSPS) is 23.2. The lowest BCUT2D eigenvalue weighted by Crippen LogP contribution is -2.20. The van der Waals surface area contributed by atoms with Gasteiger partial charge in [0.1, 0.15) is 5.44 Å². The van der Waals surface area contributed by atoms with E-state index in [2.05, 4.69) is 19.9 Å². The number of nitriles is 1. The van der Waals surface area contributed by atoms with Gasteiger partial charge in [-0.25, -0.2) is 0 Å². The zero-order chi connectivity index (χ0) is 17.9. The lowest BCUT2D eigenvalue weighted by molar-refractivity contribution is 0.110. The largest absolute Gasteiger partial charge is 0.368 e. The topological polar surface area (TPSA) is 33.0 Å². The Kier molecular flexibility index (Phi) is 9.15. The smallest absolute Gasteiger partial charge is 0.100 e. The number of ether oxygens (including phenoxy) is 1. The number of allylic oxidation sites excluding steroid dienone is 2. The molecule has 1 aliphatic heterocycles. The Morgan fingerprint density at radius 3 is 2.52 bits per heavy atom. The first-order chi connectivity index (χ1) is 12.2. The first-order valence-corrected chi connectivity index (χ1v) is 10.6. The van der Waals surface area contributed by atoms with Gasteiger partial charge < -0.3 is 4.74 Å². The van der Waals surface area contributed by atoms with Crippen molar-refractivity contribution < 1.29 is 4.74 Å². The molecule has 0 N–H and O–H groups in total. The fourth-order valence-electron chi connectivity index (χ4n) is 3.46. The van der Waals surface area contributed by atoms with E-state index < -0.39 is 0 Å². The maximum atomic E-state index is 9.22. The van der Waals surface area contributed by atoms with E-state index in [1.807, 2.05) is 42.1 Å². The summed E-state index contributed by atoms with van der Waals surface area (Å²) in [5.74, 6) is 0. The summed E-state index contributed by atoms with van der Waals surface area (Å²) in [4.78, 5) is 0. The highest BCUT2D eigenvalue weighted by atomic mass is 32.2. The second-order valence-corrected chi connectivity index (χ2v) is 8.39. The molecule has 0 spiro atoms. The van der Waals surface area contributed by atoms with Gasteiger partial charge in [0.25, 0.3) is 0 Å². The van der Waals surface area contributed by atoms with Crippen LogP contribution in [0.4, 0.5) is 0 Å². The van der Waals surface area contributed by atoms with Crippen LogP contribution in [0.1, 0.15) is 70.8 Å². The molecule has 0 aromatic heterocycles. The highest BCUT2D eigenvalue weighted by Crippen LogP contribution is 2.30. The zero-order valence-corrected chi connectivity index (χ0v) is 16.5. The Hall–Kier alpha value is -1.24. The monoisotopic (exact) mass is 357 g/mol. The number of benzene rings is 1. The van der Waals surface area contributed by atoms with Crippen LogP contribution in [0.3, 0.4) is 0 Å². The summed E-state index contributed by atoms with van der Waals surface area (Å²) >= 11 is 1.99. The summed E-state index contributed by atoms with van der Waals surface area (Å²) in [6, 6.07) is 12.4. The van der Waals surface area contributed by atoms with E-state index in [1.165, 1.54) is 44.1 Å². The third kappa shape index (κ3) is 6.88. The minimum absolute atomic E-state index is 0.435. The van der Waals surface area contributed by atoms with Crippen molar-refractivity contribution in [3.63, 3.8) is 0 Å². The lowest BCUT2D eigenvalue weighted by Gasteiger charge is -2.26. The average molecular weight is 358 g/mol. The fraction of sp³-hybridized carbons (Fsp3) is 0.591. The molecule has 0 bridgehead atoms. The second kappa shape index (κ2) is 11.4. The Morgan fingerprint density at radius 2 is 1.92 bits per heavy atom. The van der Waals surface area contributed by atoms with Crippen LogP contribution in [0.5, 0.6) is 0 Å². The van der Waals surface area contributed by atoms with Crippen molar-refractivity contribution in [2.75, 3.05) is 6.61 Å². The number of thioether (sulfide) groups is 1. The van der Waals surface area contributed by atoms with E-state index in [9.17, 15) is 5.26 Å². The zero-order valence-electron chi connectivity index (χ0n) is 15.7. The Labute approximate surface area is 157 Å². The maximum absolute atomic E-state index is 9.22. The van der Waals surface area contributed by atoms with Crippen LogP contribution in [0.15, 0.2) is 35.9 Å². The maximum Gasteiger partial charge on any atom is 0.100 e. The van der Waals surface area contributed by atoms with E-state index in [0.717, 1.165) is 35.8 Å². The molecule has 2 fully saturated rings. The van der Waals surface area contributed by atoms with Crippen molar-refractivity contribution in [3.05, 3.63) is 41.5 Å². The van der Waals surface area contributed by atoms with Gasteiger partial charge >= 0.3 is 0 Å². The third-order valence-electron chi connectivity index (χ3n) is 4.77. The van der Waals surface area contributed by atoms with Gasteiger partial charge in [-0.2, -0.15) is 5.26 Å². The summed E-state index contributed by atoms with van der Waals surface area (Å²) < 4.78 is 5.42. The van der Waals surface area contributed by atoms with Crippen molar-refractivity contribution in [2.45, 2.75) is 75.9 Å². The van der Waals surface area contributed by atoms with E-state index in [4.69, 9.17) is 4.74 Å². The van der Waals surface area contributed by atoms with Gasteiger partial charge in [-0.05, 0) is 51.0 Å². The van der Waals surface area contributed by atoms with Gasteiger partial charge in [-0.15, -0.1) is 11.8 Å². The molecular weight excluding hydrogens is 326 g/mol. The van der Waals surface area contributed by atoms with Gasteiger partial charge in [-0.1, -0.05) is 55.7 Å². The molecule has 2 nitrogen and oxygen atoms in total. The number of nitrogens with zero attached hydrogens (tertiary/aromatic N) is 1. The summed E-state index contributed by atoms with van der Waals surface area (Å²) in [5, 5.41) is 10.1. The van der Waals surface area contributed by atoms with Crippen LogP contribution in [0, 0.1) is 11.3 Å². The summed E-state index contributed by atoms with van der Waals surface area (Å²) in [6.45, 7) is 5.37. The van der Waals surface area contributed by atoms with E-state index in [0.29, 0.717) is 5.44 Å². The van der Waals surface area contributed by atoms with E-state index >= 15 is 0 Å². The van der Waals surface area contributed by atoms with Gasteiger partial charge in [-0.3, -0.25) is 0 Å². The molecule has 3 rings (SSSR count). The molecule has 2 unspecified atom stereocenters. The van der Waals surface area contributed by atoms with E-state index in [1.54, 1.807) is 0 Å². The quantitative estimate of drug-likeness (QED) is 0.573. The predicted molar refractivity (Wildman–Crippen MR) is 108 cm³/mol. The minimum Gasteiger partial charge on any atom is -0.368 e. The molecule has 1 aliphatic carbocycles. The van der Waals surface area contributed by atoms with Crippen LogP contribution in [-0.2, 0) is 4.74 Å². The summed E-state index contributed by atoms with van der Waals surface area (Å²) in [6.07, 6.45) is 9.94. The molecule has 0 amide bonds. The molecular formula is C22H31NOS. The summed E-state index contributed by atoms with van der Waals surface area (Å²) in [5.41, 5.74) is 3.78. The molecule has 1 saturated carbocycles. The predicted octanol–water partition coefficient (Wildman–Crippen LogP) is 6.58. The van der Waals surface area contributed by atoms with Crippen molar-refractivity contribution in [1.82, 2.24) is 0 Å². The molecule has 3 heteroatoms. The molecule has 2 aliphatic rings. The van der Waals surface area contributed by atoms with Crippen LogP contribution in [-0.4, -0.2) is 17.3 Å². The Balaban J connectivity index is 0.000000196. The van der Waals surface area contributed by atoms with Crippen molar-refractivity contribution >= 4 is 17.3 Å². The van der Waals surface area contributed by atoms with E-state index in [-0.39, 0.29) is 0 Å². The van der Waals surface area contributed by atoms with Crippen molar-refractivity contribution in [2.24, 2.45) is 0 Å². The third-order valence-corrected chi connectivity index (χ3v) is 6.15. The first-order valence-electron chi connectivity index (χ1n) is 9.69. The molecule has 2 atom stereocenters. The van der Waals surface area contributed by atoms with Crippen molar-refractivity contribution in [3.8, 4) is 6.07 Å². The molecule has 1 saturated heterocycles. The number of rotatable bonds is 3. The van der Waals surface area contributed by atoms with Crippen LogP contribution < -0.4 is 0 Å². The number of hydrogen-bond acceptors (Lipinski definition) is 3. The minimum atomic E-state index is 0.435.